The highest BCUT2D eigenvalue weighted by molar-refractivity contribution is 7.99. The molecule has 1 aromatic rings. The first-order valence-electron chi connectivity index (χ1n) is 6.56. The third kappa shape index (κ3) is 4.24. The first-order valence-corrected chi connectivity index (χ1v) is 9.32. The fourth-order valence-corrected chi connectivity index (χ4v) is 4.39. The van der Waals surface area contributed by atoms with Crippen molar-refractivity contribution in [2.45, 2.75) is 0 Å². The van der Waals surface area contributed by atoms with E-state index in [0.29, 0.717) is 13.1 Å². The van der Waals surface area contributed by atoms with Gasteiger partial charge in [0.05, 0.1) is 11.3 Å². The molecule has 1 aliphatic heterocycles. The number of sulfonamides is 1. The molecule has 122 valence electrons. The zero-order valence-electron chi connectivity index (χ0n) is 11.6. The predicted octanol–water partition coefficient (Wildman–Crippen LogP) is 0.0862. The second-order valence-corrected chi connectivity index (χ2v) is 7.90. The van der Waals surface area contributed by atoms with Gasteiger partial charge >= 0.3 is 5.97 Å². The first-order chi connectivity index (χ1) is 10.4. The number of aromatic carboxylic acids is 1. The third-order valence-electron chi connectivity index (χ3n) is 3.08. The quantitative estimate of drug-likeness (QED) is 0.748. The van der Waals surface area contributed by atoms with Crippen LogP contribution in [0.25, 0.3) is 0 Å². The molecule has 22 heavy (non-hydrogen) atoms. The van der Waals surface area contributed by atoms with E-state index in [1.807, 2.05) is 0 Å². The SMILES string of the molecule is O=C(O)c1coc(C(=O)NCCS(=O)(=O)N2CCSCC2)c1. The maximum atomic E-state index is 12.1. The molecule has 0 aliphatic carbocycles. The van der Waals surface area contributed by atoms with Gasteiger partial charge in [-0.1, -0.05) is 0 Å². The Bertz CT molecular complexity index is 648. The lowest BCUT2D eigenvalue weighted by atomic mass is 10.3. The molecule has 1 saturated heterocycles. The molecule has 0 aromatic carbocycles. The largest absolute Gasteiger partial charge is 0.478 e. The summed E-state index contributed by atoms with van der Waals surface area (Å²) >= 11 is 1.71. The van der Waals surface area contributed by atoms with E-state index in [4.69, 9.17) is 9.52 Å². The molecule has 0 atom stereocenters. The van der Waals surface area contributed by atoms with E-state index in [-0.39, 0.29) is 23.6 Å². The average Bonchev–Trinajstić information content (AvgIpc) is 2.98. The maximum Gasteiger partial charge on any atom is 0.338 e. The van der Waals surface area contributed by atoms with E-state index in [9.17, 15) is 18.0 Å². The zero-order valence-corrected chi connectivity index (χ0v) is 13.3. The molecule has 2 rings (SSSR count). The second-order valence-electron chi connectivity index (χ2n) is 4.59. The maximum absolute atomic E-state index is 12.1. The minimum Gasteiger partial charge on any atom is -0.478 e. The van der Waals surface area contributed by atoms with Crippen molar-refractivity contribution in [2.24, 2.45) is 0 Å². The highest BCUT2D eigenvalue weighted by Crippen LogP contribution is 2.13. The Morgan fingerprint density at radius 2 is 2.05 bits per heavy atom. The van der Waals surface area contributed by atoms with E-state index in [1.54, 1.807) is 11.8 Å². The summed E-state index contributed by atoms with van der Waals surface area (Å²) in [4.78, 5) is 22.4. The lowest BCUT2D eigenvalue weighted by molar-refractivity contribution is 0.0695. The fourth-order valence-electron chi connectivity index (χ4n) is 1.90. The van der Waals surface area contributed by atoms with Gasteiger partial charge < -0.3 is 14.8 Å². The Balaban J connectivity index is 1.84. The van der Waals surface area contributed by atoms with Crippen LogP contribution in [0, 0.1) is 0 Å². The van der Waals surface area contributed by atoms with Crippen molar-refractivity contribution in [3.8, 4) is 0 Å². The molecule has 0 bridgehead atoms. The van der Waals surface area contributed by atoms with Crippen LogP contribution in [0.4, 0.5) is 0 Å². The highest BCUT2D eigenvalue weighted by atomic mass is 32.2. The molecule has 1 amide bonds. The highest BCUT2D eigenvalue weighted by Gasteiger charge is 2.24. The Morgan fingerprint density at radius 1 is 1.36 bits per heavy atom. The molecule has 1 fully saturated rings. The van der Waals surface area contributed by atoms with Crippen LogP contribution in [0.1, 0.15) is 20.9 Å². The molecular formula is C12H16N2O6S2. The number of carboxylic acid groups (broad SMARTS) is 1. The number of rotatable bonds is 6. The number of thioether (sulfide) groups is 1. The summed E-state index contributed by atoms with van der Waals surface area (Å²) in [6.07, 6.45) is 0.958. The van der Waals surface area contributed by atoms with E-state index in [1.165, 1.54) is 4.31 Å². The number of hydrogen-bond acceptors (Lipinski definition) is 6. The number of hydrogen-bond donors (Lipinski definition) is 2. The lowest BCUT2D eigenvalue weighted by Crippen LogP contribution is -2.41. The molecule has 1 aliphatic rings. The third-order valence-corrected chi connectivity index (χ3v) is 5.89. The van der Waals surface area contributed by atoms with Crippen LogP contribution in [0.15, 0.2) is 16.7 Å². The Labute approximate surface area is 131 Å². The van der Waals surface area contributed by atoms with Gasteiger partial charge in [-0.05, 0) is 0 Å². The van der Waals surface area contributed by atoms with E-state index >= 15 is 0 Å². The Hall–Kier alpha value is -1.52. The Kier molecular flexibility index (Phi) is 5.48. The fraction of sp³-hybridized carbons (Fsp3) is 0.500. The van der Waals surface area contributed by atoms with Gasteiger partial charge in [-0.2, -0.15) is 11.8 Å². The molecule has 10 heteroatoms. The van der Waals surface area contributed by atoms with E-state index in [0.717, 1.165) is 23.8 Å². The molecule has 2 N–H and O–H groups in total. The average molecular weight is 348 g/mol. The van der Waals surface area contributed by atoms with Gasteiger partial charge in [-0.3, -0.25) is 4.79 Å². The number of nitrogens with one attached hydrogen (secondary N) is 1. The number of carbonyl (C=O) groups is 2. The molecule has 0 radical (unpaired) electrons. The first kappa shape index (κ1) is 16.8. The number of carboxylic acids is 1. The molecular weight excluding hydrogens is 332 g/mol. The van der Waals surface area contributed by atoms with E-state index in [2.05, 4.69) is 5.32 Å². The lowest BCUT2D eigenvalue weighted by Gasteiger charge is -2.25. The smallest absolute Gasteiger partial charge is 0.338 e. The second kappa shape index (κ2) is 7.16. The van der Waals surface area contributed by atoms with Gasteiger partial charge in [0.25, 0.3) is 5.91 Å². The van der Waals surface area contributed by atoms with Crippen molar-refractivity contribution in [2.75, 3.05) is 36.9 Å². The summed E-state index contributed by atoms with van der Waals surface area (Å²) in [6, 6.07) is 1.09. The van der Waals surface area contributed by atoms with Crippen LogP contribution in [-0.2, 0) is 10.0 Å². The van der Waals surface area contributed by atoms with Gasteiger partial charge in [-0.15, -0.1) is 0 Å². The summed E-state index contributed by atoms with van der Waals surface area (Å²) < 4.78 is 30.4. The summed E-state index contributed by atoms with van der Waals surface area (Å²) in [7, 11) is -3.39. The van der Waals surface area contributed by atoms with Gasteiger partial charge in [0.2, 0.25) is 10.0 Å². The number of nitrogens with zero attached hydrogens (tertiary/aromatic N) is 1. The Morgan fingerprint density at radius 3 is 2.64 bits per heavy atom. The van der Waals surface area contributed by atoms with Gasteiger partial charge in [0, 0.05) is 37.2 Å². The van der Waals surface area contributed by atoms with Gasteiger partial charge in [-0.25, -0.2) is 17.5 Å². The molecule has 0 spiro atoms. The van der Waals surface area contributed by atoms with E-state index < -0.39 is 21.9 Å². The van der Waals surface area contributed by atoms with Crippen molar-refractivity contribution in [1.82, 2.24) is 9.62 Å². The van der Waals surface area contributed by atoms with Crippen LogP contribution in [0.5, 0.6) is 0 Å². The zero-order chi connectivity index (χ0) is 16.2. The number of amides is 1. The normalized spacial score (nSPS) is 16.4. The van der Waals surface area contributed by atoms with Gasteiger partial charge in [0.15, 0.2) is 5.76 Å². The topological polar surface area (TPSA) is 117 Å². The molecule has 1 aromatic heterocycles. The van der Waals surface area contributed by atoms with Crippen LogP contribution in [-0.4, -0.2) is 66.6 Å². The van der Waals surface area contributed by atoms with Gasteiger partial charge in [0.1, 0.15) is 6.26 Å². The van der Waals surface area contributed by atoms with Crippen molar-refractivity contribution in [1.29, 1.82) is 0 Å². The summed E-state index contributed by atoms with van der Waals surface area (Å²) in [5, 5.41) is 11.1. The van der Waals surface area contributed by atoms with Crippen LogP contribution in [0.3, 0.4) is 0 Å². The summed E-state index contributed by atoms with van der Waals surface area (Å²) in [5.41, 5.74) is -0.136. The molecule has 0 saturated carbocycles. The van der Waals surface area contributed by atoms with Crippen LogP contribution in [0.2, 0.25) is 0 Å². The molecule has 2 heterocycles. The standard InChI is InChI=1S/C12H16N2O6S2/c15-11(10-7-9(8-20-10)12(16)17)13-1-6-22(18,19)14-2-4-21-5-3-14/h7-8H,1-6H2,(H,13,15)(H,16,17). The minimum absolute atomic E-state index is 0.0616. The summed E-state index contributed by atoms with van der Waals surface area (Å²) in [5.74, 6) is -0.656. The van der Waals surface area contributed by atoms with Crippen LogP contribution < -0.4 is 5.32 Å². The van der Waals surface area contributed by atoms with Crippen molar-refractivity contribution in [3.63, 3.8) is 0 Å². The van der Waals surface area contributed by atoms with Crippen molar-refractivity contribution < 1.29 is 27.5 Å². The van der Waals surface area contributed by atoms with Crippen LogP contribution >= 0.6 is 11.8 Å². The predicted molar refractivity (Wildman–Crippen MR) is 80.7 cm³/mol. The number of furan rings is 1. The van der Waals surface area contributed by atoms with Crippen molar-refractivity contribution >= 4 is 33.7 Å². The summed E-state index contributed by atoms with van der Waals surface area (Å²) in [6.45, 7) is 0.913. The molecule has 0 unspecified atom stereocenters. The monoisotopic (exact) mass is 348 g/mol. The number of carbonyl (C=O) groups excluding carboxylic acids is 1. The minimum atomic E-state index is -3.39. The van der Waals surface area contributed by atoms with Crippen molar-refractivity contribution in [3.05, 3.63) is 23.7 Å². The molecule has 8 nitrogen and oxygen atoms in total.